The minimum absolute atomic E-state index is 0.0451. The Morgan fingerprint density at radius 2 is 2.33 bits per heavy atom. The average molecular weight is 148 g/mol. The van der Waals surface area contributed by atoms with E-state index < -0.39 is 9.84 Å². The lowest BCUT2D eigenvalue weighted by Gasteiger charge is -1.90. The van der Waals surface area contributed by atoms with E-state index in [2.05, 4.69) is 0 Å². The van der Waals surface area contributed by atoms with Crippen molar-refractivity contribution < 1.29 is 13.5 Å². The van der Waals surface area contributed by atoms with Crippen LogP contribution in [0.4, 0.5) is 0 Å². The summed E-state index contributed by atoms with van der Waals surface area (Å²) in [5.41, 5.74) is 0.620. The third kappa shape index (κ3) is 1.53. The summed E-state index contributed by atoms with van der Waals surface area (Å²) in [7, 11) is -2.86. The zero-order valence-corrected chi connectivity index (χ0v) is 5.69. The van der Waals surface area contributed by atoms with Gasteiger partial charge in [0.1, 0.15) is 0 Å². The van der Waals surface area contributed by atoms with Gasteiger partial charge in [-0.25, -0.2) is 8.42 Å². The van der Waals surface area contributed by atoms with E-state index in [-0.39, 0.29) is 18.1 Å². The van der Waals surface area contributed by atoms with E-state index in [1.807, 2.05) is 0 Å². The van der Waals surface area contributed by atoms with Gasteiger partial charge in [-0.1, -0.05) is 6.08 Å². The highest BCUT2D eigenvalue weighted by Gasteiger charge is 2.18. The lowest BCUT2D eigenvalue weighted by Crippen LogP contribution is -2.04. The summed E-state index contributed by atoms with van der Waals surface area (Å²) in [5, 5.41) is 8.47. The van der Waals surface area contributed by atoms with Crippen LogP contribution < -0.4 is 0 Å². The topological polar surface area (TPSA) is 54.4 Å². The third-order valence-electron chi connectivity index (χ3n) is 1.23. The van der Waals surface area contributed by atoms with Crippen molar-refractivity contribution in [2.24, 2.45) is 0 Å². The third-order valence-corrected chi connectivity index (χ3v) is 2.72. The van der Waals surface area contributed by atoms with Gasteiger partial charge >= 0.3 is 0 Å². The minimum Gasteiger partial charge on any atom is -0.392 e. The second-order valence-electron chi connectivity index (χ2n) is 2.08. The van der Waals surface area contributed by atoms with Crippen LogP contribution in [0.1, 0.15) is 0 Å². The maximum Gasteiger partial charge on any atom is 0.157 e. The van der Waals surface area contributed by atoms with Gasteiger partial charge in [-0.2, -0.15) is 0 Å². The Hall–Kier alpha value is -0.350. The van der Waals surface area contributed by atoms with Gasteiger partial charge in [0.15, 0.2) is 9.84 Å². The molecule has 1 rings (SSSR count). The van der Waals surface area contributed by atoms with Crippen molar-refractivity contribution >= 4 is 9.84 Å². The van der Waals surface area contributed by atoms with Gasteiger partial charge in [-0.3, -0.25) is 0 Å². The van der Waals surface area contributed by atoms with Gasteiger partial charge in [0.25, 0.3) is 0 Å². The molecule has 0 amide bonds. The summed E-state index contributed by atoms with van der Waals surface area (Å²) in [6, 6.07) is 0. The molecule has 0 fully saturated rings. The fourth-order valence-electron chi connectivity index (χ4n) is 0.755. The standard InChI is InChI=1S/C5H8O3S/c6-3-5-1-2-9(7,8)4-5/h1,6H,2-4H2. The molecule has 3 nitrogen and oxygen atoms in total. The smallest absolute Gasteiger partial charge is 0.157 e. The summed E-state index contributed by atoms with van der Waals surface area (Å²) in [5.74, 6) is 0.145. The van der Waals surface area contributed by atoms with Crippen molar-refractivity contribution in [3.63, 3.8) is 0 Å². The van der Waals surface area contributed by atoms with Crippen LogP contribution in [0.3, 0.4) is 0 Å². The van der Waals surface area contributed by atoms with Gasteiger partial charge in [0.2, 0.25) is 0 Å². The number of sulfone groups is 1. The van der Waals surface area contributed by atoms with Crippen LogP contribution >= 0.6 is 0 Å². The van der Waals surface area contributed by atoms with Gasteiger partial charge < -0.3 is 5.11 Å². The van der Waals surface area contributed by atoms with Gasteiger partial charge in [-0.15, -0.1) is 0 Å². The van der Waals surface area contributed by atoms with E-state index >= 15 is 0 Å². The molecule has 0 spiro atoms. The molecule has 0 atom stereocenters. The fourth-order valence-corrected chi connectivity index (χ4v) is 2.14. The van der Waals surface area contributed by atoms with Crippen molar-refractivity contribution in [1.82, 2.24) is 0 Å². The predicted octanol–water partition coefficient (Wildman–Crippen LogP) is -0.666. The van der Waals surface area contributed by atoms with E-state index in [0.29, 0.717) is 5.57 Å². The highest BCUT2D eigenvalue weighted by atomic mass is 32.2. The molecule has 9 heavy (non-hydrogen) atoms. The van der Waals surface area contributed by atoms with E-state index in [1.165, 1.54) is 0 Å². The summed E-state index contributed by atoms with van der Waals surface area (Å²) >= 11 is 0. The Labute approximate surface area is 53.9 Å². The van der Waals surface area contributed by atoms with Gasteiger partial charge in [0, 0.05) is 0 Å². The highest BCUT2D eigenvalue weighted by molar-refractivity contribution is 7.92. The molecule has 0 aliphatic carbocycles. The molecule has 0 bridgehead atoms. The number of aliphatic hydroxyl groups excluding tert-OH is 1. The molecular formula is C5H8O3S. The SMILES string of the molecule is O=S1(=O)CC=C(CO)C1. The minimum atomic E-state index is -2.86. The van der Waals surface area contributed by atoms with E-state index in [4.69, 9.17) is 5.11 Å². The Balaban J connectivity index is 2.71. The molecule has 0 radical (unpaired) electrons. The molecule has 1 heterocycles. The van der Waals surface area contributed by atoms with Crippen LogP contribution in [0.2, 0.25) is 0 Å². The number of rotatable bonds is 1. The molecule has 52 valence electrons. The second kappa shape index (κ2) is 2.11. The molecule has 0 aromatic carbocycles. The first-order valence-electron chi connectivity index (χ1n) is 2.63. The quantitative estimate of drug-likeness (QED) is 0.502. The Morgan fingerprint density at radius 1 is 1.67 bits per heavy atom. The Bertz CT molecular complexity index is 225. The van der Waals surface area contributed by atoms with Gasteiger partial charge in [-0.05, 0) is 5.57 Å². The summed E-state index contributed by atoms with van der Waals surface area (Å²) in [6.07, 6.45) is 1.56. The van der Waals surface area contributed by atoms with E-state index in [1.54, 1.807) is 6.08 Å². The predicted molar refractivity (Wildman–Crippen MR) is 33.8 cm³/mol. The Kier molecular flexibility index (Phi) is 1.59. The summed E-state index contributed by atoms with van der Waals surface area (Å²) in [4.78, 5) is 0. The fraction of sp³-hybridized carbons (Fsp3) is 0.600. The van der Waals surface area contributed by atoms with Crippen molar-refractivity contribution in [2.45, 2.75) is 0 Å². The number of aliphatic hydroxyl groups is 1. The summed E-state index contributed by atoms with van der Waals surface area (Å²) in [6.45, 7) is -0.126. The molecule has 0 aromatic heterocycles. The first-order valence-corrected chi connectivity index (χ1v) is 4.45. The molecule has 0 unspecified atom stereocenters. The molecular weight excluding hydrogens is 140 g/mol. The maximum absolute atomic E-state index is 10.6. The highest BCUT2D eigenvalue weighted by Crippen LogP contribution is 2.09. The van der Waals surface area contributed by atoms with Crippen LogP contribution in [0.25, 0.3) is 0 Å². The van der Waals surface area contributed by atoms with Crippen LogP contribution in [-0.2, 0) is 9.84 Å². The first-order chi connectivity index (χ1) is 4.14. The molecule has 0 saturated carbocycles. The largest absolute Gasteiger partial charge is 0.392 e. The van der Waals surface area contributed by atoms with Crippen molar-refractivity contribution in [3.05, 3.63) is 11.6 Å². The molecule has 0 aromatic rings. The maximum atomic E-state index is 10.6. The zero-order valence-electron chi connectivity index (χ0n) is 4.87. The molecule has 1 aliphatic heterocycles. The summed E-state index contributed by atoms with van der Waals surface area (Å²) < 4.78 is 21.3. The normalized spacial score (nSPS) is 23.9. The lowest BCUT2D eigenvalue weighted by molar-refractivity contribution is 0.332. The zero-order chi connectivity index (χ0) is 6.91. The van der Waals surface area contributed by atoms with Crippen LogP contribution in [0.5, 0.6) is 0 Å². The lowest BCUT2D eigenvalue weighted by atomic mass is 10.3. The average Bonchev–Trinajstić information content (AvgIpc) is 2.10. The van der Waals surface area contributed by atoms with Crippen LogP contribution in [0.15, 0.2) is 11.6 Å². The van der Waals surface area contributed by atoms with E-state index in [9.17, 15) is 8.42 Å². The number of hydrogen-bond donors (Lipinski definition) is 1. The monoisotopic (exact) mass is 148 g/mol. The molecule has 1 N–H and O–H groups in total. The van der Waals surface area contributed by atoms with Gasteiger partial charge in [0.05, 0.1) is 18.1 Å². The van der Waals surface area contributed by atoms with Crippen molar-refractivity contribution in [1.29, 1.82) is 0 Å². The van der Waals surface area contributed by atoms with Crippen molar-refractivity contribution in [2.75, 3.05) is 18.1 Å². The number of hydrogen-bond acceptors (Lipinski definition) is 3. The van der Waals surface area contributed by atoms with Crippen LogP contribution in [-0.4, -0.2) is 31.6 Å². The van der Waals surface area contributed by atoms with Crippen molar-refractivity contribution in [3.8, 4) is 0 Å². The Morgan fingerprint density at radius 3 is 2.56 bits per heavy atom. The molecule has 4 heteroatoms. The molecule has 0 saturated heterocycles. The second-order valence-corrected chi connectivity index (χ2v) is 4.18. The molecule has 1 aliphatic rings. The van der Waals surface area contributed by atoms with E-state index in [0.717, 1.165) is 0 Å². The first kappa shape index (κ1) is 6.77. The van der Waals surface area contributed by atoms with Crippen LogP contribution in [0, 0.1) is 0 Å².